The molecule has 10 aromatic rings. The molecule has 102 heavy (non-hydrogen) atoms. The Kier molecular flexibility index (Phi) is 23.2. The highest BCUT2D eigenvalue weighted by atomic mass is 32.1. The van der Waals surface area contributed by atoms with Gasteiger partial charge in [-0.05, 0) is 132 Å². The number of hydrogen-bond donors (Lipinski definition) is 4. The molecule has 0 bridgehead atoms. The van der Waals surface area contributed by atoms with Crippen molar-refractivity contribution in [2.24, 2.45) is 17.6 Å². The van der Waals surface area contributed by atoms with E-state index >= 15 is 0 Å². The molecule has 8 aromatic heterocycles. The largest absolute Gasteiger partial charge is 0.481 e. The van der Waals surface area contributed by atoms with Gasteiger partial charge in [-0.2, -0.15) is 10.5 Å². The second-order valence-corrected chi connectivity index (χ2v) is 27.8. The SMILES string of the molecule is C.C.CC(C)(C)OC(=O)N1CC(N)C1.CCc1nc2ccc(-c3cnc(N4CCC(C(=O)NC5CNC5)CC4)nc3)cn2c1N(C)c1nc(-c2ccc(F)cc2)c(C#N)s1.CCc1nc2ccc(-c3cnc(N4CCC(C(=O)O)CC4)nc3)cn2c1N(C)c1nc(-c2ccc(F)cc2)c(C#N)s1. The first-order valence-electron chi connectivity index (χ1n) is 33.1. The number of aryl methyl sites for hydroxylation is 2. The number of carbonyl (C=O) groups is 3. The molecule has 2 aromatic carbocycles. The van der Waals surface area contributed by atoms with Crippen molar-refractivity contribution < 1.29 is 33.0 Å². The van der Waals surface area contributed by atoms with Gasteiger partial charge in [0.05, 0.1) is 23.3 Å². The van der Waals surface area contributed by atoms with Crippen LogP contribution < -0.4 is 36.0 Å². The second-order valence-electron chi connectivity index (χ2n) is 25.9. The maximum Gasteiger partial charge on any atom is 0.410 e. The van der Waals surface area contributed by atoms with Crippen LogP contribution in [0.25, 0.3) is 56.1 Å². The number of benzene rings is 2. The van der Waals surface area contributed by atoms with Crippen LogP contribution in [0.2, 0.25) is 0 Å². The number of nitrogens with one attached hydrogen (secondary N) is 2. The highest BCUT2D eigenvalue weighted by molar-refractivity contribution is 7.17. The van der Waals surface area contributed by atoms with Crippen molar-refractivity contribution in [2.75, 3.05) is 86.1 Å². The summed E-state index contributed by atoms with van der Waals surface area (Å²) in [5.41, 5.74) is 14.4. The third-order valence-electron chi connectivity index (χ3n) is 17.8. The number of nitriles is 2. The second kappa shape index (κ2) is 31.9. The zero-order chi connectivity index (χ0) is 70.5. The number of aromatic nitrogens is 10. The van der Waals surface area contributed by atoms with Gasteiger partial charge in [-0.3, -0.25) is 18.4 Å². The minimum absolute atomic E-state index is 0. The summed E-state index contributed by atoms with van der Waals surface area (Å²) in [6, 6.07) is 24.8. The Hall–Kier alpha value is -10.6. The van der Waals surface area contributed by atoms with Crippen molar-refractivity contribution in [3.63, 3.8) is 0 Å². The Morgan fingerprint density at radius 2 is 1.04 bits per heavy atom. The Morgan fingerprint density at radius 3 is 1.39 bits per heavy atom. The van der Waals surface area contributed by atoms with Crippen molar-refractivity contribution >= 4 is 85.7 Å². The number of likely N-dealkylation sites (tertiary alicyclic amines) is 1. The van der Waals surface area contributed by atoms with Crippen LogP contribution in [-0.2, 0) is 27.2 Å². The van der Waals surface area contributed by atoms with Crippen molar-refractivity contribution in [3.05, 3.63) is 143 Å². The molecule has 0 aliphatic carbocycles. The molecule has 12 heterocycles. The summed E-state index contributed by atoms with van der Waals surface area (Å²) in [6.07, 6.45) is 15.1. The summed E-state index contributed by atoms with van der Waals surface area (Å²) in [7, 11) is 3.81. The van der Waals surface area contributed by atoms with Crippen LogP contribution >= 0.6 is 22.7 Å². The number of thiazole rings is 2. The quantitative estimate of drug-likeness (QED) is 0.0741. The van der Waals surface area contributed by atoms with E-state index in [1.165, 1.54) is 46.9 Å². The van der Waals surface area contributed by atoms with Gasteiger partial charge in [-0.15, -0.1) is 0 Å². The molecule has 25 nitrogen and oxygen atoms in total. The third-order valence-corrected chi connectivity index (χ3v) is 19.9. The van der Waals surface area contributed by atoms with E-state index in [-0.39, 0.29) is 62.4 Å². The number of nitrogens with zero attached hydrogens (tertiary/aromatic N) is 17. The summed E-state index contributed by atoms with van der Waals surface area (Å²) in [6.45, 7) is 15.3. The smallest absolute Gasteiger partial charge is 0.410 e. The minimum Gasteiger partial charge on any atom is -0.481 e. The lowest BCUT2D eigenvalue weighted by molar-refractivity contribution is -0.142. The highest BCUT2D eigenvalue weighted by Crippen LogP contribution is 2.40. The molecule has 0 spiro atoms. The number of nitrogens with two attached hydrogens (primary N) is 1. The van der Waals surface area contributed by atoms with Gasteiger partial charge in [-0.25, -0.2) is 53.4 Å². The van der Waals surface area contributed by atoms with E-state index in [2.05, 4.69) is 44.6 Å². The average molecular weight is 1420 g/mol. The molecule has 0 radical (unpaired) electrons. The van der Waals surface area contributed by atoms with Gasteiger partial charge in [0, 0.05) is 149 Å². The number of fused-ring (bicyclic) bond motifs is 2. The molecule has 5 N–H and O–H groups in total. The summed E-state index contributed by atoms with van der Waals surface area (Å²) >= 11 is 2.56. The summed E-state index contributed by atoms with van der Waals surface area (Å²) in [4.78, 5) is 83.5. The fourth-order valence-electron chi connectivity index (χ4n) is 12.2. The van der Waals surface area contributed by atoms with Crippen molar-refractivity contribution in [2.45, 2.75) is 106 Å². The molecule has 14 rings (SSSR count). The van der Waals surface area contributed by atoms with E-state index in [1.54, 1.807) is 41.6 Å². The number of amides is 2. The first kappa shape index (κ1) is 74.1. The number of carbonyl (C=O) groups excluding carboxylic acids is 2. The number of pyridine rings is 2. The van der Waals surface area contributed by atoms with E-state index < -0.39 is 11.6 Å². The lowest BCUT2D eigenvalue weighted by Crippen LogP contribution is -2.58. The normalized spacial score (nSPS) is 14.9. The van der Waals surface area contributed by atoms with Gasteiger partial charge in [0.1, 0.15) is 73.4 Å². The number of carboxylic acid groups (broad SMARTS) is 1. The molecule has 2 amide bonds. The van der Waals surface area contributed by atoms with Gasteiger partial charge in [-0.1, -0.05) is 51.4 Å². The van der Waals surface area contributed by atoms with Gasteiger partial charge >= 0.3 is 12.1 Å². The number of anilines is 6. The van der Waals surface area contributed by atoms with E-state index in [0.717, 1.165) is 95.6 Å². The van der Waals surface area contributed by atoms with Gasteiger partial charge in [0.25, 0.3) is 0 Å². The van der Waals surface area contributed by atoms with E-state index in [1.807, 2.05) is 114 Å². The van der Waals surface area contributed by atoms with Crippen LogP contribution in [0.15, 0.2) is 110 Å². The minimum atomic E-state index is -0.745. The van der Waals surface area contributed by atoms with E-state index in [0.29, 0.717) is 106 Å². The fourth-order valence-corrected chi connectivity index (χ4v) is 13.9. The van der Waals surface area contributed by atoms with Gasteiger partial charge in [0.2, 0.25) is 17.8 Å². The van der Waals surface area contributed by atoms with Crippen LogP contribution in [0.1, 0.15) is 96.3 Å². The van der Waals surface area contributed by atoms with Crippen LogP contribution in [0.3, 0.4) is 0 Å². The van der Waals surface area contributed by atoms with Crippen molar-refractivity contribution in [1.29, 1.82) is 10.5 Å². The number of piperidine rings is 2. The molecular weight excluding hydrogens is 1340 g/mol. The molecule has 4 fully saturated rings. The van der Waals surface area contributed by atoms with Gasteiger partial charge in [0.15, 0.2) is 10.3 Å². The standard InChI is InChI=1S/C33H33FN10OS.C30H27FN8O2S.C8H16N2O2.2CH4/c1-3-26-31(42(2)33-41-29(27(14-35)46-33)20-4-7-24(34)8-5-20)44-19-22(6-9-28(44)40-26)23-15-37-32(38-16-23)43-12-10-21(11-13-43)30(45)39-25-17-36-18-25;1-3-23-27(37(2)30-36-26(24(14-32)42-30)18-4-7-22(31)8-5-18)39-17-20(6-9-25(39)35-23)21-15-33-29(34-16-21)38-12-10-19(11-13-38)28(40)41;1-8(2,3)12-7(11)10-4-6(9)5-10;;/h4-9,15-16,19,21,25,36H,3,10-13,17-18H2,1-2H3,(H,39,45);4-9,15-17,19H,3,10-13H2,1-2H3,(H,40,41);6H,4-5,9H2,1-3H3;2*1H4. The summed E-state index contributed by atoms with van der Waals surface area (Å²) in [5.74, 6) is 1.38. The Balaban J connectivity index is 0.000000186. The first-order chi connectivity index (χ1) is 48.1. The predicted molar refractivity (Wildman–Crippen MR) is 393 cm³/mol. The van der Waals surface area contributed by atoms with Crippen molar-refractivity contribution in [3.8, 4) is 56.9 Å². The number of ether oxygens (including phenoxy) is 1. The average Bonchev–Trinajstić information content (AvgIpc) is 1.61. The first-order valence-corrected chi connectivity index (χ1v) is 34.7. The number of halogens is 2. The number of rotatable bonds is 15. The molecule has 0 unspecified atom stereocenters. The lowest BCUT2D eigenvalue weighted by atomic mass is 9.95. The predicted octanol–water partition coefficient (Wildman–Crippen LogP) is 12.0. The van der Waals surface area contributed by atoms with Crippen LogP contribution in [-0.4, -0.2) is 161 Å². The molecule has 4 saturated heterocycles. The van der Waals surface area contributed by atoms with Crippen LogP contribution in [0.5, 0.6) is 0 Å². The highest BCUT2D eigenvalue weighted by Gasteiger charge is 2.33. The number of hydrogen-bond acceptors (Lipinski definition) is 22. The Labute approximate surface area is 599 Å². The lowest BCUT2D eigenvalue weighted by Gasteiger charge is -2.37. The number of aliphatic carboxylic acids is 1. The molecule has 29 heteroatoms. The zero-order valence-corrected chi connectivity index (χ0v) is 58.1. The van der Waals surface area contributed by atoms with Gasteiger partial charge < -0.3 is 50.7 Å². The van der Waals surface area contributed by atoms with Crippen LogP contribution in [0.4, 0.5) is 47.4 Å². The molecule has 4 aliphatic heterocycles. The fraction of sp³-hybridized carbons (Fsp3) is 0.384. The zero-order valence-electron chi connectivity index (χ0n) is 56.4. The summed E-state index contributed by atoms with van der Waals surface area (Å²) in [5, 5.41) is 36.5. The molecule has 0 atom stereocenters. The number of carboxylic acids is 1. The monoisotopic (exact) mass is 1420 g/mol. The van der Waals surface area contributed by atoms with E-state index in [4.69, 9.17) is 40.4 Å². The van der Waals surface area contributed by atoms with Crippen LogP contribution in [0, 0.1) is 46.1 Å². The summed E-state index contributed by atoms with van der Waals surface area (Å²) < 4.78 is 36.2. The molecule has 532 valence electrons. The maximum absolute atomic E-state index is 13.6. The molecular formula is C73H84F2N20O5S2. The third kappa shape index (κ3) is 16.4. The molecule has 4 aliphatic rings. The Bertz CT molecular complexity index is 4670. The topological polar surface area (TPSA) is 306 Å². The van der Waals surface area contributed by atoms with Crippen molar-refractivity contribution in [1.82, 2.24) is 64.2 Å². The van der Waals surface area contributed by atoms with E-state index in [9.17, 15) is 38.8 Å². The maximum atomic E-state index is 13.6. The number of imidazole rings is 2. The molecule has 0 saturated carbocycles. The Morgan fingerprint density at radius 1 is 0.637 bits per heavy atom.